The molecule has 1 aliphatic carbocycles. The fraction of sp³-hybridized carbons (Fsp3) is 0.364. The smallest absolute Gasteiger partial charge is 0.251 e. The van der Waals surface area contributed by atoms with Gasteiger partial charge < -0.3 is 16.0 Å². The Labute approximate surface area is 171 Å². The van der Waals surface area contributed by atoms with E-state index in [0.29, 0.717) is 17.1 Å². The maximum Gasteiger partial charge on any atom is 0.251 e. The maximum absolute atomic E-state index is 12.2. The van der Waals surface area contributed by atoms with Gasteiger partial charge in [-0.1, -0.05) is 36.2 Å². The molecule has 1 aliphatic rings. The molecule has 6 heteroatoms. The van der Waals surface area contributed by atoms with Crippen LogP contribution in [-0.4, -0.2) is 43.8 Å². The van der Waals surface area contributed by atoms with E-state index >= 15 is 0 Å². The Kier molecular flexibility index (Phi) is 6.06. The lowest BCUT2D eigenvalue weighted by atomic mass is 9.63. The lowest BCUT2D eigenvalue weighted by Crippen LogP contribution is -2.46. The van der Waals surface area contributed by atoms with E-state index in [1.54, 1.807) is 0 Å². The Hall–Kier alpha value is -2.37. The van der Waals surface area contributed by atoms with Crippen LogP contribution in [0.15, 0.2) is 42.5 Å². The number of carbonyl (C=O) groups is 1. The van der Waals surface area contributed by atoms with E-state index in [9.17, 15) is 4.79 Å². The molecular weight excluding hydrogens is 372 g/mol. The van der Waals surface area contributed by atoms with Gasteiger partial charge in [0.15, 0.2) is 0 Å². The van der Waals surface area contributed by atoms with Crippen LogP contribution in [-0.2, 0) is 5.41 Å². The Balaban J connectivity index is 1.80. The van der Waals surface area contributed by atoms with Gasteiger partial charge in [-0.05, 0) is 67.9 Å². The number of benzene rings is 2. The lowest BCUT2D eigenvalue weighted by Gasteiger charge is -2.41. The standard InChI is InChI=1S/C22H27ClN4O/c1-27(2)11-10-26-20(28)16-6-4-15(5-7-16)17-12-18(14-19(23)13-17)22(21(24)25)8-3-9-22/h4-7,12-14H,3,8-11H2,1-2H3,(H3,24,25)(H,26,28). The van der Waals surface area contributed by atoms with Crippen LogP contribution in [0.3, 0.4) is 0 Å². The fourth-order valence-electron chi connectivity index (χ4n) is 3.59. The molecule has 1 saturated carbocycles. The van der Waals surface area contributed by atoms with Crippen LogP contribution in [0.4, 0.5) is 0 Å². The van der Waals surface area contributed by atoms with E-state index in [0.717, 1.165) is 42.5 Å². The number of halogens is 1. The molecule has 1 amide bonds. The van der Waals surface area contributed by atoms with Crippen LogP contribution in [0.5, 0.6) is 0 Å². The van der Waals surface area contributed by atoms with Crippen molar-refractivity contribution < 1.29 is 4.79 Å². The molecule has 3 rings (SSSR count). The SMILES string of the molecule is CN(C)CCNC(=O)c1ccc(-c2cc(Cl)cc(C3(C(=N)N)CCC3)c2)cc1. The van der Waals surface area contributed by atoms with E-state index in [4.69, 9.17) is 22.7 Å². The second-order valence-corrected chi connectivity index (χ2v) is 8.15. The largest absolute Gasteiger partial charge is 0.387 e. The van der Waals surface area contributed by atoms with Gasteiger partial charge in [-0.15, -0.1) is 0 Å². The molecule has 0 spiro atoms. The van der Waals surface area contributed by atoms with Gasteiger partial charge in [0.2, 0.25) is 0 Å². The average molecular weight is 399 g/mol. The normalized spacial score (nSPS) is 15.1. The van der Waals surface area contributed by atoms with Crippen molar-refractivity contribution in [2.24, 2.45) is 5.73 Å². The van der Waals surface area contributed by atoms with Crippen molar-refractivity contribution in [3.05, 3.63) is 58.6 Å². The van der Waals surface area contributed by atoms with Crippen molar-refractivity contribution in [2.45, 2.75) is 24.7 Å². The van der Waals surface area contributed by atoms with Gasteiger partial charge in [0, 0.05) is 23.7 Å². The highest BCUT2D eigenvalue weighted by Gasteiger charge is 2.42. The van der Waals surface area contributed by atoms with E-state index in [1.165, 1.54) is 0 Å². The van der Waals surface area contributed by atoms with E-state index in [2.05, 4.69) is 11.4 Å². The molecule has 2 aromatic rings. The highest BCUT2D eigenvalue weighted by atomic mass is 35.5. The van der Waals surface area contributed by atoms with Gasteiger partial charge in [0.1, 0.15) is 5.84 Å². The summed E-state index contributed by atoms with van der Waals surface area (Å²) >= 11 is 6.38. The number of nitrogens with one attached hydrogen (secondary N) is 2. The summed E-state index contributed by atoms with van der Waals surface area (Å²) in [6.07, 6.45) is 2.83. The van der Waals surface area contributed by atoms with Crippen molar-refractivity contribution >= 4 is 23.3 Å². The summed E-state index contributed by atoms with van der Waals surface area (Å²) in [6.45, 7) is 1.41. The Bertz CT molecular complexity index is 873. The van der Waals surface area contributed by atoms with E-state index < -0.39 is 0 Å². The predicted octanol–water partition coefficient (Wildman–Crippen LogP) is 3.66. The molecule has 4 N–H and O–H groups in total. The molecule has 0 aromatic heterocycles. The van der Waals surface area contributed by atoms with Crippen LogP contribution < -0.4 is 11.1 Å². The lowest BCUT2D eigenvalue weighted by molar-refractivity contribution is 0.0951. The van der Waals surface area contributed by atoms with E-state index in [1.807, 2.05) is 55.4 Å². The number of hydrogen-bond donors (Lipinski definition) is 3. The first kappa shape index (κ1) is 20.4. The summed E-state index contributed by atoms with van der Waals surface area (Å²) in [7, 11) is 3.94. The molecule has 0 bridgehead atoms. The number of rotatable bonds is 7. The van der Waals surface area contributed by atoms with Gasteiger partial charge in [0.05, 0.1) is 5.41 Å². The van der Waals surface area contributed by atoms with Crippen molar-refractivity contribution in [1.82, 2.24) is 10.2 Å². The zero-order valence-corrected chi connectivity index (χ0v) is 17.1. The minimum atomic E-state index is -0.383. The van der Waals surface area contributed by atoms with Gasteiger partial charge >= 0.3 is 0 Å². The van der Waals surface area contributed by atoms with Crippen molar-refractivity contribution in [1.29, 1.82) is 5.41 Å². The molecular formula is C22H27ClN4O. The molecule has 0 atom stereocenters. The monoisotopic (exact) mass is 398 g/mol. The molecule has 0 radical (unpaired) electrons. The van der Waals surface area contributed by atoms with Gasteiger partial charge in [-0.2, -0.15) is 0 Å². The first-order valence-corrected chi connectivity index (χ1v) is 9.88. The highest BCUT2D eigenvalue weighted by molar-refractivity contribution is 6.31. The summed E-state index contributed by atoms with van der Waals surface area (Å²) in [5.74, 6) is 0.127. The molecule has 5 nitrogen and oxygen atoms in total. The van der Waals surface area contributed by atoms with Crippen LogP contribution in [0.25, 0.3) is 11.1 Å². The number of likely N-dealkylation sites (N-methyl/N-ethyl adjacent to an activating group) is 1. The van der Waals surface area contributed by atoms with Crippen molar-refractivity contribution in [2.75, 3.05) is 27.2 Å². The first-order valence-electron chi connectivity index (χ1n) is 9.51. The minimum Gasteiger partial charge on any atom is -0.387 e. The summed E-state index contributed by atoms with van der Waals surface area (Å²) in [5.41, 5.74) is 9.10. The van der Waals surface area contributed by atoms with Crippen LogP contribution in [0.1, 0.15) is 35.2 Å². The van der Waals surface area contributed by atoms with Gasteiger partial charge in [0.25, 0.3) is 5.91 Å². The average Bonchev–Trinajstić information content (AvgIpc) is 2.59. The zero-order chi connectivity index (χ0) is 20.3. The number of amides is 1. The number of nitrogens with zero attached hydrogens (tertiary/aromatic N) is 1. The minimum absolute atomic E-state index is 0.0785. The Morgan fingerprint density at radius 2 is 1.86 bits per heavy atom. The number of carbonyl (C=O) groups excluding carboxylic acids is 1. The summed E-state index contributed by atoms with van der Waals surface area (Å²) in [6, 6.07) is 13.4. The molecule has 28 heavy (non-hydrogen) atoms. The quantitative estimate of drug-likeness (QED) is 0.491. The van der Waals surface area contributed by atoms with Crippen LogP contribution >= 0.6 is 11.6 Å². The predicted molar refractivity (Wildman–Crippen MR) is 115 cm³/mol. The molecule has 0 aliphatic heterocycles. The topological polar surface area (TPSA) is 82.2 Å². The number of nitrogens with two attached hydrogens (primary N) is 1. The molecule has 0 heterocycles. The number of hydrogen-bond acceptors (Lipinski definition) is 3. The van der Waals surface area contributed by atoms with Gasteiger partial charge in [-0.3, -0.25) is 10.2 Å². The van der Waals surface area contributed by atoms with Gasteiger partial charge in [-0.25, -0.2) is 0 Å². The van der Waals surface area contributed by atoms with Crippen molar-refractivity contribution in [3.8, 4) is 11.1 Å². The second kappa shape index (κ2) is 8.33. The van der Waals surface area contributed by atoms with E-state index in [-0.39, 0.29) is 17.2 Å². The molecule has 0 saturated heterocycles. The molecule has 1 fully saturated rings. The fourth-order valence-corrected chi connectivity index (χ4v) is 3.82. The summed E-state index contributed by atoms with van der Waals surface area (Å²) in [4.78, 5) is 14.3. The third kappa shape index (κ3) is 4.21. The van der Waals surface area contributed by atoms with Crippen LogP contribution in [0.2, 0.25) is 5.02 Å². The molecule has 148 valence electrons. The maximum atomic E-state index is 12.2. The van der Waals surface area contributed by atoms with Crippen LogP contribution in [0, 0.1) is 5.41 Å². The zero-order valence-electron chi connectivity index (χ0n) is 16.4. The third-order valence-electron chi connectivity index (χ3n) is 5.50. The second-order valence-electron chi connectivity index (χ2n) is 7.71. The molecule has 2 aromatic carbocycles. The molecule has 0 unspecified atom stereocenters. The first-order chi connectivity index (χ1) is 13.3. The Morgan fingerprint density at radius 3 is 2.39 bits per heavy atom. The highest BCUT2D eigenvalue weighted by Crippen LogP contribution is 2.45. The number of amidine groups is 1. The third-order valence-corrected chi connectivity index (χ3v) is 5.72. The summed E-state index contributed by atoms with van der Waals surface area (Å²) in [5, 5.41) is 11.6. The summed E-state index contributed by atoms with van der Waals surface area (Å²) < 4.78 is 0. The Morgan fingerprint density at radius 1 is 1.18 bits per heavy atom. The van der Waals surface area contributed by atoms with Crippen molar-refractivity contribution in [3.63, 3.8) is 0 Å².